The molecule has 0 amide bonds. The van der Waals surface area contributed by atoms with Crippen molar-refractivity contribution in [1.82, 2.24) is 0 Å². The molecule has 0 spiro atoms. The number of rotatable bonds is 4. The van der Waals surface area contributed by atoms with Crippen LogP contribution in [0.1, 0.15) is 11.1 Å². The van der Waals surface area contributed by atoms with Crippen molar-refractivity contribution in [3.63, 3.8) is 0 Å². The van der Waals surface area contributed by atoms with Crippen molar-refractivity contribution < 1.29 is 14.1 Å². The fourth-order valence-corrected chi connectivity index (χ4v) is 2.03. The maximum Gasteiger partial charge on any atom is 0.304 e. The zero-order chi connectivity index (χ0) is 15.4. The number of halogens is 2. The summed E-state index contributed by atoms with van der Waals surface area (Å²) < 4.78 is 19.7. The third-order valence-corrected chi connectivity index (χ3v) is 3.16. The first-order valence-electron chi connectivity index (χ1n) is 5.76. The molecular formula is C14H8BrFN2O3. The molecule has 0 saturated carbocycles. The third-order valence-electron chi connectivity index (χ3n) is 2.67. The molecule has 0 unspecified atom stereocenters. The van der Waals surface area contributed by atoms with Gasteiger partial charge < -0.3 is 4.74 Å². The normalized spacial score (nSPS) is 9.95. The molecule has 106 valence electrons. The van der Waals surface area contributed by atoms with Crippen LogP contribution < -0.4 is 4.74 Å². The van der Waals surface area contributed by atoms with Gasteiger partial charge in [-0.2, -0.15) is 9.65 Å². The number of hydrogen-bond acceptors (Lipinski definition) is 4. The lowest BCUT2D eigenvalue weighted by Gasteiger charge is -2.08. The number of benzene rings is 2. The number of nitrogens with zero attached hydrogens (tertiary/aromatic N) is 2. The molecule has 2 aromatic carbocycles. The third kappa shape index (κ3) is 3.55. The molecule has 0 N–H and O–H groups in total. The van der Waals surface area contributed by atoms with Crippen LogP contribution in [0.25, 0.3) is 0 Å². The lowest BCUT2D eigenvalue weighted by atomic mass is 10.2. The molecule has 0 saturated heterocycles. The fourth-order valence-electron chi connectivity index (χ4n) is 1.66. The Morgan fingerprint density at radius 1 is 1.33 bits per heavy atom. The van der Waals surface area contributed by atoms with Gasteiger partial charge in [0.1, 0.15) is 18.4 Å². The maximum atomic E-state index is 13.5. The Labute approximate surface area is 127 Å². The second-order valence-electron chi connectivity index (χ2n) is 4.08. The summed E-state index contributed by atoms with van der Waals surface area (Å²) in [6, 6.07) is 10.5. The highest BCUT2D eigenvalue weighted by molar-refractivity contribution is 9.10. The first-order valence-corrected chi connectivity index (χ1v) is 6.56. The van der Waals surface area contributed by atoms with Gasteiger partial charge in [0.2, 0.25) is 5.82 Å². The molecule has 0 aromatic heterocycles. The van der Waals surface area contributed by atoms with Gasteiger partial charge in [-0.05, 0) is 35.9 Å². The summed E-state index contributed by atoms with van der Waals surface area (Å²) in [6.07, 6.45) is 0. The van der Waals surface area contributed by atoms with Crippen molar-refractivity contribution in [2.75, 3.05) is 0 Å². The Morgan fingerprint density at radius 3 is 2.71 bits per heavy atom. The highest BCUT2D eigenvalue weighted by atomic mass is 79.9. The van der Waals surface area contributed by atoms with Crippen LogP contribution in [-0.4, -0.2) is 4.92 Å². The van der Waals surface area contributed by atoms with Crippen molar-refractivity contribution in [3.8, 4) is 11.8 Å². The van der Waals surface area contributed by atoms with Crippen molar-refractivity contribution >= 4 is 21.6 Å². The van der Waals surface area contributed by atoms with Gasteiger partial charge in [0.25, 0.3) is 0 Å². The summed E-state index contributed by atoms with van der Waals surface area (Å²) >= 11 is 3.24. The van der Waals surface area contributed by atoms with E-state index >= 15 is 0 Å². The minimum atomic E-state index is -0.919. The van der Waals surface area contributed by atoms with E-state index < -0.39 is 16.4 Å². The lowest BCUT2D eigenvalue weighted by molar-refractivity contribution is -0.387. The SMILES string of the molecule is N#Cc1cc(Br)ccc1OCc1ccc([N+](=O)[O-])c(F)c1. The second-order valence-corrected chi connectivity index (χ2v) is 5.00. The maximum absolute atomic E-state index is 13.5. The predicted molar refractivity (Wildman–Crippen MR) is 76.2 cm³/mol. The molecule has 0 aliphatic heterocycles. The molecule has 7 heteroatoms. The van der Waals surface area contributed by atoms with E-state index in [0.717, 1.165) is 16.6 Å². The summed E-state index contributed by atoms with van der Waals surface area (Å²) in [4.78, 5) is 9.73. The van der Waals surface area contributed by atoms with E-state index in [4.69, 9.17) is 10.00 Å². The smallest absolute Gasteiger partial charge is 0.304 e. The molecule has 0 aliphatic rings. The van der Waals surface area contributed by atoms with Gasteiger partial charge in [0.05, 0.1) is 10.5 Å². The van der Waals surface area contributed by atoms with E-state index in [1.54, 1.807) is 18.2 Å². The Balaban J connectivity index is 2.16. The zero-order valence-electron chi connectivity index (χ0n) is 10.5. The highest BCUT2D eigenvalue weighted by Crippen LogP contribution is 2.24. The molecule has 2 aromatic rings. The Hall–Kier alpha value is -2.46. The van der Waals surface area contributed by atoms with E-state index in [9.17, 15) is 14.5 Å². The molecule has 0 atom stereocenters. The minimum Gasteiger partial charge on any atom is -0.488 e. The van der Waals surface area contributed by atoms with Crippen LogP contribution in [0.15, 0.2) is 40.9 Å². The van der Waals surface area contributed by atoms with Gasteiger partial charge >= 0.3 is 5.69 Å². The summed E-state index contributed by atoms with van der Waals surface area (Å²) in [7, 11) is 0. The monoisotopic (exact) mass is 350 g/mol. The van der Waals surface area contributed by atoms with E-state index in [1.807, 2.05) is 6.07 Å². The summed E-state index contributed by atoms with van der Waals surface area (Å²) in [6.45, 7) is 0.00519. The minimum absolute atomic E-state index is 0.00519. The first kappa shape index (κ1) is 14.9. The lowest BCUT2D eigenvalue weighted by Crippen LogP contribution is -1.99. The van der Waals surface area contributed by atoms with Crippen molar-refractivity contribution in [1.29, 1.82) is 5.26 Å². The van der Waals surface area contributed by atoms with E-state index in [2.05, 4.69) is 15.9 Å². The van der Waals surface area contributed by atoms with Crippen LogP contribution in [0.2, 0.25) is 0 Å². The van der Waals surface area contributed by atoms with Gasteiger partial charge in [-0.25, -0.2) is 0 Å². The molecule has 2 rings (SSSR count). The van der Waals surface area contributed by atoms with Crippen LogP contribution in [0.3, 0.4) is 0 Å². The summed E-state index contributed by atoms with van der Waals surface area (Å²) in [5.41, 5.74) is 0.191. The van der Waals surface area contributed by atoms with E-state index in [0.29, 0.717) is 16.9 Å². The molecular weight excluding hydrogens is 343 g/mol. The van der Waals surface area contributed by atoms with Gasteiger partial charge in [-0.1, -0.05) is 15.9 Å². The summed E-state index contributed by atoms with van der Waals surface area (Å²) in [5, 5.41) is 19.5. The van der Waals surface area contributed by atoms with Crippen LogP contribution in [0, 0.1) is 27.3 Å². The Bertz CT molecular complexity index is 743. The molecule has 5 nitrogen and oxygen atoms in total. The summed E-state index contributed by atoms with van der Waals surface area (Å²) in [5.74, 6) is -0.558. The zero-order valence-corrected chi connectivity index (χ0v) is 12.1. The molecule has 0 radical (unpaired) electrons. The van der Waals surface area contributed by atoms with Crippen molar-refractivity contribution in [2.45, 2.75) is 6.61 Å². The molecule has 0 fully saturated rings. The molecule has 0 bridgehead atoms. The number of nitriles is 1. The highest BCUT2D eigenvalue weighted by Gasteiger charge is 2.14. The van der Waals surface area contributed by atoms with Crippen molar-refractivity contribution in [3.05, 3.63) is 67.9 Å². The second kappa shape index (κ2) is 6.33. The standard InChI is InChI=1S/C14H8BrFN2O3/c15-11-2-4-14(10(6-11)7-17)21-8-9-1-3-13(18(19)20)12(16)5-9/h1-6H,8H2. The van der Waals surface area contributed by atoms with Gasteiger partial charge in [0.15, 0.2) is 0 Å². The van der Waals surface area contributed by atoms with Gasteiger partial charge in [-0.3, -0.25) is 10.1 Å². The molecule has 21 heavy (non-hydrogen) atoms. The first-order chi connectivity index (χ1) is 10.0. The number of hydrogen-bond donors (Lipinski definition) is 0. The predicted octanol–water partition coefficient (Wildman–Crippen LogP) is 3.95. The quantitative estimate of drug-likeness (QED) is 0.617. The van der Waals surface area contributed by atoms with Crippen molar-refractivity contribution in [2.24, 2.45) is 0 Å². The average molecular weight is 351 g/mol. The molecule has 0 aliphatic carbocycles. The van der Waals surface area contributed by atoms with Gasteiger partial charge in [-0.15, -0.1) is 0 Å². The average Bonchev–Trinajstić information content (AvgIpc) is 2.45. The van der Waals surface area contributed by atoms with E-state index in [-0.39, 0.29) is 6.61 Å². The Morgan fingerprint density at radius 2 is 2.10 bits per heavy atom. The van der Waals surface area contributed by atoms with Crippen LogP contribution in [0.4, 0.5) is 10.1 Å². The number of ether oxygens (including phenoxy) is 1. The van der Waals surface area contributed by atoms with Crippen LogP contribution in [0.5, 0.6) is 5.75 Å². The van der Waals surface area contributed by atoms with Crippen LogP contribution in [-0.2, 0) is 6.61 Å². The Kier molecular flexibility index (Phi) is 4.50. The topological polar surface area (TPSA) is 76.2 Å². The molecule has 0 heterocycles. The fraction of sp³-hybridized carbons (Fsp3) is 0.0714. The van der Waals surface area contributed by atoms with Gasteiger partial charge in [0, 0.05) is 10.5 Å². The van der Waals surface area contributed by atoms with Crippen LogP contribution >= 0.6 is 15.9 Å². The largest absolute Gasteiger partial charge is 0.488 e. The number of nitro benzene ring substituents is 1. The van der Waals surface area contributed by atoms with E-state index in [1.165, 1.54) is 6.07 Å². The number of nitro groups is 1.